The van der Waals surface area contributed by atoms with Crippen LogP contribution < -0.4 is 5.32 Å². The lowest BCUT2D eigenvalue weighted by Gasteiger charge is -2.34. The molecule has 5 heteroatoms. The second-order valence-corrected chi connectivity index (χ2v) is 8.40. The van der Waals surface area contributed by atoms with Gasteiger partial charge in [-0.25, -0.2) is 0 Å². The number of nitrogens with one attached hydrogen (secondary N) is 1. The number of aliphatic hydroxyl groups excluding tert-OH is 1. The van der Waals surface area contributed by atoms with Gasteiger partial charge in [0.15, 0.2) is 0 Å². The Morgan fingerprint density at radius 2 is 2.09 bits per heavy atom. The molecule has 1 unspecified atom stereocenters. The summed E-state index contributed by atoms with van der Waals surface area (Å²) in [6.45, 7) is 8.99. The van der Waals surface area contributed by atoms with Crippen molar-refractivity contribution in [3.8, 4) is 0 Å². The maximum atomic E-state index is 12.9. The molecule has 1 aromatic heterocycles. The van der Waals surface area contributed by atoms with Gasteiger partial charge in [0.1, 0.15) is 0 Å². The van der Waals surface area contributed by atoms with E-state index in [9.17, 15) is 9.90 Å². The van der Waals surface area contributed by atoms with Gasteiger partial charge >= 0.3 is 0 Å². The number of aliphatic hydroxyl groups is 1. The van der Waals surface area contributed by atoms with Crippen molar-refractivity contribution in [2.75, 3.05) is 19.7 Å². The van der Waals surface area contributed by atoms with Gasteiger partial charge in [-0.05, 0) is 50.2 Å². The Morgan fingerprint density at radius 3 is 2.61 bits per heavy atom. The monoisotopic (exact) mass is 338 g/mol. The van der Waals surface area contributed by atoms with Crippen molar-refractivity contribution in [2.45, 2.75) is 52.6 Å². The summed E-state index contributed by atoms with van der Waals surface area (Å²) in [6.07, 6.45) is 2.70. The van der Waals surface area contributed by atoms with Crippen molar-refractivity contribution < 1.29 is 9.90 Å². The fourth-order valence-corrected chi connectivity index (χ4v) is 3.94. The highest BCUT2D eigenvalue weighted by molar-refractivity contribution is 7.11. The molecule has 0 saturated carbocycles. The highest BCUT2D eigenvalue weighted by Gasteiger charge is 2.28. The molecule has 1 atom stereocenters. The van der Waals surface area contributed by atoms with E-state index in [1.165, 1.54) is 9.75 Å². The highest BCUT2D eigenvalue weighted by Crippen LogP contribution is 2.19. The Morgan fingerprint density at radius 1 is 1.39 bits per heavy atom. The first-order valence-electron chi connectivity index (χ1n) is 8.68. The predicted molar refractivity (Wildman–Crippen MR) is 95.5 cm³/mol. The quantitative estimate of drug-likeness (QED) is 0.804. The molecule has 2 N–H and O–H groups in total. The number of hydrogen-bond donors (Lipinski definition) is 2. The van der Waals surface area contributed by atoms with Crippen LogP contribution in [-0.2, 0) is 11.3 Å². The predicted octanol–water partition coefficient (Wildman–Crippen LogP) is 2.79. The topological polar surface area (TPSA) is 52.6 Å². The Hall–Kier alpha value is -0.910. The highest BCUT2D eigenvalue weighted by atomic mass is 32.1. The molecule has 2 heterocycles. The summed E-state index contributed by atoms with van der Waals surface area (Å²) in [4.78, 5) is 17.4. The molecular weight excluding hydrogens is 308 g/mol. The van der Waals surface area contributed by atoms with Crippen molar-refractivity contribution in [1.29, 1.82) is 0 Å². The third-order valence-corrected chi connectivity index (χ3v) is 5.51. The van der Waals surface area contributed by atoms with Gasteiger partial charge < -0.3 is 15.3 Å². The number of amides is 1. The standard InChI is InChI=1S/C18H30N2O2S/c1-13(2)10-17(19-11-16-5-4-14(3)23-16)18(22)20-8-6-15(12-21)7-9-20/h4-5,13,15,17,19,21H,6-12H2,1-3H3. The first-order valence-corrected chi connectivity index (χ1v) is 9.49. The van der Waals surface area contributed by atoms with E-state index in [0.717, 1.165) is 38.9 Å². The molecule has 1 aliphatic rings. The summed E-state index contributed by atoms with van der Waals surface area (Å²) in [6, 6.07) is 4.15. The van der Waals surface area contributed by atoms with Crippen LogP contribution in [0.2, 0.25) is 0 Å². The summed E-state index contributed by atoms with van der Waals surface area (Å²) >= 11 is 1.78. The number of nitrogens with zero attached hydrogens (tertiary/aromatic N) is 1. The lowest BCUT2D eigenvalue weighted by molar-refractivity contribution is -0.135. The minimum atomic E-state index is -0.108. The average Bonchev–Trinajstić information content (AvgIpc) is 2.96. The fourth-order valence-electron chi connectivity index (χ4n) is 3.10. The number of hydrogen-bond acceptors (Lipinski definition) is 4. The molecule has 4 nitrogen and oxygen atoms in total. The number of carbonyl (C=O) groups is 1. The zero-order chi connectivity index (χ0) is 16.8. The van der Waals surface area contributed by atoms with Gasteiger partial charge in [0, 0.05) is 36.0 Å². The van der Waals surface area contributed by atoms with Crippen molar-refractivity contribution in [3.05, 3.63) is 21.9 Å². The molecular formula is C18H30N2O2S. The third kappa shape index (κ3) is 5.59. The maximum absolute atomic E-state index is 12.9. The molecule has 1 saturated heterocycles. The fraction of sp³-hybridized carbons (Fsp3) is 0.722. The van der Waals surface area contributed by atoms with Crippen LogP contribution in [0.15, 0.2) is 12.1 Å². The van der Waals surface area contributed by atoms with E-state index in [4.69, 9.17) is 0 Å². The van der Waals surface area contributed by atoms with Crippen LogP contribution >= 0.6 is 11.3 Å². The first kappa shape index (κ1) is 18.4. The van der Waals surface area contributed by atoms with E-state index in [-0.39, 0.29) is 18.6 Å². The van der Waals surface area contributed by atoms with Gasteiger partial charge in [-0.15, -0.1) is 11.3 Å². The summed E-state index contributed by atoms with van der Waals surface area (Å²) in [5.74, 6) is 1.07. The van der Waals surface area contributed by atoms with E-state index < -0.39 is 0 Å². The molecule has 23 heavy (non-hydrogen) atoms. The van der Waals surface area contributed by atoms with Crippen molar-refractivity contribution in [2.24, 2.45) is 11.8 Å². The minimum absolute atomic E-state index is 0.108. The number of piperidine rings is 1. The number of thiophene rings is 1. The molecule has 2 rings (SSSR count). The van der Waals surface area contributed by atoms with Gasteiger partial charge in [-0.1, -0.05) is 13.8 Å². The van der Waals surface area contributed by atoms with Gasteiger partial charge in [-0.2, -0.15) is 0 Å². The number of likely N-dealkylation sites (tertiary alicyclic amines) is 1. The molecule has 130 valence electrons. The SMILES string of the molecule is Cc1ccc(CNC(CC(C)C)C(=O)N2CCC(CO)CC2)s1. The smallest absolute Gasteiger partial charge is 0.239 e. The lowest BCUT2D eigenvalue weighted by Crippen LogP contribution is -2.49. The zero-order valence-electron chi connectivity index (χ0n) is 14.5. The summed E-state index contributed by atoms with van der Waals surface area (Å²) in [5, 5.41) is 12.7. The molecule has 1 fully saturated rings. The van der Waals surface area contributed by atoms with Gasteiger partial charge in [-0.3, -0.25) is 4.79 Å². The van der Waals surface area contributed by atoms with E-state index >= 15 is 0 Å². The average molecular weight is 339 g/mol. The largest absolute Gasteiger partial charge is 0.396 e. The summed E-state index contributed by atoms with van der Waals surface area (Å²) < 4.78 is 0. The van der Waals surface area contributed by atoms with Gasteiger partial charge in [0.25, 0.3) is 0 Å². The number of carbonyl (C=O) groups excluding carboxylic acids is 1. The Balaban J connectivity index is 1.92. The van der Waals surface area contributed by atoms with Crippen molar-refractivity contribution in [3.63, 3.8) is 0 Å². The third-order valence-electron chi connectivity index (χ3n) is 4.51. The second-order valence-electron chi connectivity index (χ2n) is 7.03. The molecule has 1 aromatic rings. The van der Waals surface area contributed by atoms with E-state index in [1.807, 2.05) is 4.90 Å². The van der Waals surface area contributed by atoms with Crippen molar-refractivity contribution in [1.82, 2.24) is 10.2 Å². The van der Waals surface area contributed by atoms with Crippen LogP contribution in [0.4, 0.5) is 0 Å². The van der Waals surface area contributed by atoms with Crippen LogP contribution in [0, 0.1) is 18.8 Å². The van der Waals surface area contributed by atoms with E-state index in [2.05, 4.69) is 38.2 Å². The summed E-state index contributed by atoms with van der Waals surface area (Å²) in [7, 11) is 0. The Kier molecular flexibility index (Phi) is 7.06. The van der Waals surface area contributed by atoms with Crippen LogP contribution in [-0.4, -0.2) is 41.7 Å². The number of aryl methyl sites for hydroxylation is 1. The molecule has 1 aliphatic heterocycles. The molecule has 0 radical (unpaired) electrons. The normalized spacial score (nSPS) is 17.7. The zero-order valence-corrected chi connectivity index (χ0v) is 15.4. The van der Waals surface area contributed by atoms with Crippen LogP contribution in [0.3, 0.4) is 0 Å². The molecule has 1 amide bonds. The van der Waals surface area contributed by atoms with E-state index in [0.29, 0.717) is 11.8 Å². The van der Waals surface area contributed by atoms with Crippen LogP contribution in [0.5, 0.6) is 0 Å². The van der Waals surface area contributed by atoms with E-state index in [1.54, 1.807) is 11.3 Å². The van der Waals surface area contributed by atoms with Crippen LogP contribution in [0.1, 0.15) is 42.9 Å². The minimum Gasteiger partial charge on any atom is -0.396 e. The Labute approximate surface area is 143 Å². The maximum Gasteiger partial charge on any atom is 0.239 e. The van der Waals surface area contributed by atoms with Crippen molar-refractivity contribution >= 4 is 17.2 Å². The first-order chi connectivity index (χ1) is 11.0. The number of rotatable bonds is 7. The lowest BCUT2D eigenvalue weighted by atomic mass is 9.96. The molecule has 0 spiro atoms. The molecule has 0 bridgehead atoms. The Bertz CT molecular complexity index is 493. The van der Waals surface area contributed by atoms with Gasteiger partial charge in [0.05, 0.1) is 6.04 Å². The second kappa shape index (κ2) is 8.81. The molecule has 0 aliphatic carbocycles. The van der Waals surface area contributed by atoms with Gasteiger partial charge in [0.2, 0.25) is 5.91 Å². The summed E-state index contributed by atoms with van der Waals surface area (Å²) in [5.41, 5.74) is 0. The van der Waals surface area contributed by atoms with Crippen LogP contribution in [0.25, 0.3) is 0 Å². The molecule has 0 aromatic carbocycles.